The van der Waals surface area contributed by atoms with Crippen LogP contribution in [0.5, 0.6) is 11.5 Å². The zero-order valence-corrected chi connectivity index (χ0v) is 16.2. The van der Waals surface area contributed by atoms with E-state index in [1.165, 1.54) is 0 Å². The molecule has 29 heavy (non-hydrogen) atoms. The molecular weight excluding hydrogens is 364 g/mol. The van der Waals surface area contributed by atoms with Crippen molar-refractivity contribution in [1.29, 1.82) is 5.26 Å². The fraction of sp³-hybridized carbons (Fsp3) is 0.167. The second kappa shape index (κ2) is 9.95. The van der Waals surface area contributed by atoms with Crippen LogP contribution in [0.25, 0.3) is 11.1 Å². The normalized spacial score (nSPS) is 10.1. The quantitative estimate of drug-likeness (QED) is 0.636. The van der Waals surface area contributed by atoms with Crippen LogP contribution in [0.4, 0.5) is 0 Å². The highest BCUT2D eigenvalue weighted by Crippen LogP contribution is 2.23. The van der Waals surface area contributed by atoms with Crippen LogP contribution >= 0.6 is 0 Å². The SMILES string of the molecule is COc1ccccc1CCNC(=O)COc1ccc(-c2ccc(C#N)cc2)cc1. The van der Waals surface area contributed by atoms with Crippen molar-refractivity contribution in [3.8, 4) is 28.7 Å². The first-order chi connectivity index (χ1) is 14.2. The lowest BCUT2D eigenvalue weighted by Crippen LogP contribution is -2.30. The molecule has 0 aliphatic heterocycles. The van der Waals surface area contributed by atoms with Crippen molar-refractivity contribution in [3.63, 3.8) is 0 Å². The third-order valence-electron chi connectivity index (χ3n) is 4.48. The van der Waals surface area contributed by atoms with Crippen molar-refractivity contribution in [2.45, 2.75) is 6.42 Å². The van der Waals surface area contributed by atoms with Crippen LogP contribution in [-0.2, 0) is 11.2 Å². The number of carbonyl (C=O) groups is 1. The Morgan fingerprint density at radius 1 is 0.966 bits per heavy atom. The van der Waals surface area contributed by atoms with Gasteiger partial charge in [0.1, 0.15) is 11.5 Å². The number of rotatable bonds is 8. The maximum absolute atomic E-state index is 12.0. The Labute approximate surface area is 170 Å². The number of para-hydroxylation sites is 1. The van der Waals surface area contributed by atoms with E-state index >= 15 is 0 Å². The average molecular weight is 386 g/mol. The zero-order valence-electron chi connectivity index (χ0n) is 16.2. The molecule has 0 aliphatic carbocycles. The van der Waals surface area contributed by atoms with E-state index in [1.807, 2.05) is 60.7 Å². The molecule has 0 bridgehead atoms. The van der Waals surface area contributed by atoms with Crippen molar-refractivity contribution >= 4 is 5.91 Å². The molecule has 1 amide bonds. The minimum Gasteiger partial charge on any atom is -0.496 e. The van der Waals surface area contributed by atoms with Gasteiger partial charge in [-0.2, -0.15) is 5.26 Å². The first kappa shape index (κ1) is 20.0. The molecule has 0 atom stereocenters. The van der Waals surface area contributed by atoms with Gasteiger partial charge in [0.2, 0.25) is 0 Å². The summed E-state index contributed by atoms with van der Waals surface area (Å²) in [5.41, 5.74) is 3.72. The van der Waals surface area contributed by atoms with Gasteiger partial charge in [0, 0.05) is 6.54 Å². The largest absolute Gasteiger partial charge is 0.496 e. The molecule has 1 N–H and O–H groups in total. The van der Waals surface area contributed by atoms with Gasteiger partial charge in [0.25, 0.3) is 5.91 Å². The van der Waals surface area contributed by atoms with Crippen molar-refractivity contribution in [2.75, 3.05) is 20.3 Å². The van der Waals surface area contributed by atoms with Gasteiger partial charge < -0.3 is 14.8 Å². The number of nitriles is 1. The summed E-state index contributed by atoms with van der Waals surface area (Å²) in [6.45, 7) is 0.475. The molecule has 0 spiro atoms. The van der Waals surface area contributed by atoms with Crippen molar-refractivity contribution in [2.24, 2.45) is 0 Å². The third kappa shape index (κ3) is 5.60. The van der Waals surface area contributed by atoms with Gasteiger partial charge in [0.15, 0.2) is 6.61 Å². The van der Waals surface area contributed by atoms with Gasteiger partial charge >= 0.3 is 0 Å². The van der Waals surface area contributed by atoms with Gasteiger partial charge in [-0.05, 0) is 53.4 Å². The summed E-state index contributed by atoms with van der Waals surface area (Å²) in [5, 5.41) is 11.7. The zero-order chi connectivity index (χ0) is 20.5. The summed E-state index contributed by atoms with van der Waals surface area (Å²) in [4.78, 5) is 12.0. The van der Waals surface area contributed by atoms with Crippen LogP contribution in [-0.4, -0.2) is 26.2 Å². The van der Waals surface area contributed by atoms with E-state index in [0.717, 1.165) is 22.4 Å². The smallest absolute Gasteiger partial charge is 0.257 e. The summed E-state index contributed by atoms with van der Waals surface area (Å²) >= 11 is 0. The number of hydrogen-bond acceptors (Lipinski definition) is 4. The minimum atomic E-state index is -0.170. The summed E-state index contributed by atoms with van der Waals surface area (Å²) < 4.78 is 10.9. The van der Waals surface area contributed by atoms with E-state index in [1.54, 1.807) is 19.2 Å². The number of ether oxygens (including phenoxy) is 2. The number of amides is 1. The lowest BCUT2D eigenvalue weighted by atomic mass is 10.0. The summed E-state index contributed by atoms with van der Waals surface area (Å²) in [6.07, 6.45) is 0.690. The van der Waals surface area contributed by atoms with Gasteiger partial charge in [0.05, 0.1) is 18.7 Å². The molecule has 0 fully saturated rings. The molecular formula is C24H22N2O3. The van der Waals surface area contributed by atoms with Crippen LogP contribution in [0.3, 0.4) is 0 Å². The number of nitrogens with one attached hydrogen (secondary N) is 1. The van der Waals surface area contributed by atoms with Gasteiger partial charge in [-0.1, -0.05) is 42.5 Å². The van der Waals surface area contributed by atoms with Gasteiger partial charge in [-0.25, -0.2) is 0 Å². The third-order valence-corrected chi connectivity index (χ3v) is 4.48. The molecule has 3 aromatic rings. The van der Waals surface area contributed by atoms with E-state index in [0.29, 0.717) is 24.3 Å². The predicted octanol–water partition coefficient (Wildman–Crippen LogP) is 3.97. The second-order valence-electron chi connectivity index (χ2n) is 6.41. The van der Waals surface area contributed by atoms with Crippen molar-refractivity contribution < 1.29 is 14.3 Å². The highest BCUT2D eigenvalue weighted by molar-refractivity contribution is 5.77. The maximum atomic E-state index is 12.0. The van der Waals surface area contributed by atoms with Crippen molar-refractivity contribution in [1.82, 2.24) is 5.32 Å². The molecule has 0 radical (unpaired) electrons. The van der Waals surface area contributed by atoms with Crippen LogP contribution in [0.2, 0.25) is 0 Å². The fourth-order valence-corrected chi connectivity index (χ4v) is 2.93. The molecule has 0 aliphatic rings. The Morgan fingerprint density at radius 3 is 2.28 bits per heavy atom. The van der Waals surface area contributed by atoms with E-state index in [2.05, 4.69) is 11.4 Å². The number of carbonyl (C=O) groups excluding carboxylic acids is 1. The van der Waals surface area contributed by atoms with Crippen LogP contribution in [0.1, 0.15) is 11.1 Å². The number of methoxy groups -OCH3 is 1. The molecule has 0 saturated carbocycles. The Kier molecular flexibility index (Phi) is 6.85. The van der Waals surface area contributed by atoms with Gasteiger partial charge in [-0.3, -0.25) is 4.79 Å². The van der Waals surface area contributed by atoms with Gasteiger partial charge in [-0.15, -0.1) is 0 Å². The second-order valence-corrected chi connectivity index (χ2v) is 6.41. The van der Waals surface area contributed by atoms with E-state index in [9.17, 15) is 4.79 Å². The highest BCUT2D eigenvalue weighted by Gasteiger charge is 2.06. The lowest BCUT2D eigenvalue weighted by Gasteiger charge is -2.10. The monoisotopic (exact) mass is 386 g/mol. The molecule has 5 heteroatoms. The van der Waals surface area contributed by atoms with E-state index < -0.39 is 0 Å². The first-order valence-electron chi connectivity index (χ1n) is 9.31. The Hall–Kier alpha value is -3.78. The molecule has 3 rings (SSSR count). The maximum Gasteiger partial charge on any atom is 0.257 e. The number of nitrogens with zero attached hydrogens (tertiary/aromatic N) is 1. The van der Waals surface area contributed by atoms with Crippen molar-refractivity contribution in [3.05, 3.63) is 83.9 Å². The molecule has 3 aromatic carbocycles. The minimum absolute atomic E-state index is 0.0395. The number of hydrogen-bond donors (Lipinski definition) is 1. The molecule has 0 aromatic heterocycles. The molecule has 0 heterocycles. The topological polar surface area (TPSA) is 71.3 Å². The Bertz CT molecular complexity index is 990. The number of benzene rings is 3. The Morgan fingerprint density at radius 2 is 1.62 bits per heavy atom. The predicted molar refractivity (Wildman–Crippen MR) is 112 cm³/mol. The fourth-order valence-electron chi connectivity index (χ4n) is 2.93. The summed E-state index contributed by atoms with van der Waals surface area (Å²) in [5.74, 6) is 1.28. The summed E-state index contributed by atoms with van der Waals surface area (Å²) in [7, 11) is 1.64. The first-order valence-corrected chi connectivity index (χ1v) is 9.31. The standard InChI is InChI=1S/C24H22N2O3/c1-28-23-5-3-2-4-21(23)14-15-26-24(27)17-29-22-12-10-20(11-13-22)19-8-6-18(16-25)7-9-19/h2-13H,14-15,17H2,1H3,(H,26,27). The van der Waals surface area contributed by atoms with Crippen LogP contribution in [0, 0.1) is 11.3 Å². The van der Waals surface area contributed by atoms with Crippen LogP contribution in [0.15, 0.2) is 72.8 Å². The molecule has 0 unspecified atom stereocenters. The summed E-state index contributed by atoms with van der Waals surface area (Å²) in [6, 6.07) is 24.8. The highest BCUT2D eigenvalue weighted by atomic mass is 16.5. The molecule has 5 nitrogen and oxygen atoms in total. The molecule has 0 saturated heterocycles. The lowest BCUT2D eigenvalue weighted by molar-refractivity contribution is -0.123. The average Bonchev–Trinajstić information content (AvgIpc) is 2.78. The van der Waals surface area contributed by atoms with E-state index in [-0.39, 0.29) is 12.5 Å². The van der Waals surface area contributed by atoms with Crippen LogP contribution < -0.4 is 14.8 Å². The molecule has 146 valence electrons. The Balaban J connectivity index is 1.45. The van der Waals surface area contributed by atoms with E-state index in [4.69, 9.17) is 14.7 Å².